The minimum Gasteiger partial charge on any atom is -0.480 e. The Bertz CT molecular complexity index is 747. The number of rotatable bonds is 5. The summed E-state index contributed by atoms with van der Waals surface area (Å²) in [7, 11) is 0. The number of carboxylic acid groups (broad SMARTS) is 1. The molecule has 120 valence electrons. The van der Waals surface area contributed by atoms with Crippen LogP contribution in [0.3, 0.4) is 0 Å². The van der Waals surface area contributed by atoms with Crippen molar-refractivity contribution in [2.45, 2.75) is 6.04 Å². The number of carboxylic acids is 1. The summed E-state index contributed by atoms with van der Waals surface area (Å²) in [5.74, 6) is 1.62. The van der Waals surface area contributed by atoms with Gasteiger partial charge in [0.2, 0.25) is 0 Å². The van der Waals surface area contributed by atoms with Crippen LogP contribution in [0.5, 0.6) is 5.75 Å². The van der Waals surface area contributed by atoms with Crippen molar-refractivity contribution in [2.24, 2.45) is 0 Å². The zero-order valence-electron chi connectivity index (χ0n) is 12.5. The molecule has 7 heteroatoms. The molecule has 1 saturated heterocycles. The van der Waals surface area contributed by atoms with Gasteiger partial charge >= 0.3 is 5.97 Å². The second-order valence-electron chi connectivity index (χ2n) is 5.29. The molecule has 3 rings (SSSR count). The Morgan fingerprint density at radius 1 is 1.48 bits per heavy atom. The fourth-order valence-corrected chi connectivity index (χ4v) is 3.81. The van der Waals surface area contributed by atoms with Crippen LogP contribution in [0.15, 0.2) is 24.4 Å². The highest BCUT2D eigenvalue weighted by molar-refractivity contribution is 7.99. The number of hydrogen-bond acceptors (Lipinski definition) is 5. The molecule has 1 aliphatic heterocycles. The number of benzene rings is 1. The van der Waals surface area contributed by atoms with Gasteiger partial charge in [-0.15, -0.1) is 0 Å². The van der Waals surface area contributed by atoms with Crippen molar-refractivity contribution < 1.29 is 14.6 Å². The molecule has 0 amide bonds. The number of aromatic amines is 1. The highest BCUT2D eigenvalue weighted by atomic mass is 32.2. The Morgan fingerprint density at radius 3 is 2.96 bits per heavy atom. The first-order valence-corrected chi connectivity index (χ1v) is 8.51. The van der Waals surface area contributed by atoms with Crippen molar-refractivity contribution in [1.29, 1.82) is 5.26 Å². The van der Waals surface area contributed by atoms with Crippen LogP contribution < -0.4 is 4.74 Å². The van der Waals surface area contributed by atoms with E-state index in [0.29, 0.717) is 5.75 Å². The molecule has 2 aromatic rings. The van der Waals surface area contributed by atoms with Crippen molar-refractivity contribution >= 4 is 28.6 Å². The summed E-state index contributed by atoms with van der Waals surface area (Å²) in [5.41, 5.74) is 1.60. The summed E-state index contributed by atoms with van der Waals surface area (Å²) in [5, 5.41) is 19.2. The molecule has 6 nitrogen and oxygen atoms in total. The van der Waals surface area contributed by atoms with Crippen LogP contribution in [0.4, 0.5) is 0 Å². The molecule has 2 heterocycles. The smallest absolute Gasteiger partial charge is 0.325 e. The Hall–Kier alpha value is -2.17. The Labute approximate surface area is 138 Å². The first-order valence-electron chi connectivity index (χ1n) is 7.36. The first kappa shape index (κ1) is 15.7. The first-order chi connectivity index (χ1) is 11.2. The molecule has 0 radical (unpaired) electrons. The number of thioether (sulfide) groups is 1. The fourth-order valence-electron chi connectivity index (χ4n) is 2.87. The van der Waals surface area contributed by atoms with E-state index in [0.717, 1.165) is 41.1 Å². The van der Waals surface area contributed by atoms with Crippen LogP contribution in [0.2, 0.25) is 0 Å². The van der Waals surface area contributed by atoms with Crippen LogP contribution in [0.25, 0.3) is 10.9 Å². The van der Waals surface area contributed by atoms with Crippen LogP contribution in [0, 0.1) is 11.3 Å². The van der Waals surface area contributed by atoms with E-state index in [4.69, 9.17) is 10.00 Å². The predicted molar refractivity (Wildman–Crippen MR) is 88.7 cm³/mol. The van der Waals surface area contributed by atoms with Crippen LogP contribution in [-0.4, -0.2) is 52.2 Å². The lowest BCUT2D eigenvalue weighted by molar-refractivity contribution is -0.143. The van der Waals surface area contributed by atoms with Gasteiger partial charge in [-0.25, -0.2) is 0 Å². The van der Waals surface area contributed by atoms with E-state index in [2.05, 4.69) is 4.98 Å². The third-order valence-corrected chi connectivity index (χ3v) is 4.87. The Morgan fingerprint density at radius 2 is 2.26 bits per heavy atom. The van der Waals surface area contributed by atoms with Gasteiger partial charge in [0.25, 0.3) is 0 Å². The molecule has 1 aromatic carbocycles. The number of nitriles is 1. The molecule has 23 heavy (non-hydrogen) atoms. The molecule has 1 aromatic heterocycles. The second kappa shape index (κ2) is 6.94. The number of hydrogen-bond donors (Lipinski definition) is 2. The quantitative estimate of drug-likeness (QED) is 0.873. The average Bonchev–Trinajstić information content (AvgIpc) is 2.97. The minimum absolute atomic E-state index is 0.0308. The number of H-pyrrole nitrogens is 1. The summed E-state index contributed by atoms with van der Waals surface area (Å²) in [4.78, 5) is 17.0. The zero-order valence-corrected chi connectivity index (χ0v) is 13.3. The van der Waals surface area contributed by atoms with E-state index in [-0.39, 0.29) is 6.61 Å². The van der Waals surface area contributed by atoms with Crippen molar-refractivity contribution in [3.63, 3.8) is 0 Å². The Balaban J connectivity index is 1.98. The van der Waals surface area contributed by atoms with Gasteiger partial charge in [-0.05, 0) is 18.2 Å². The normalized spacial score (nSPS) is 16.8. The van der Waals surface area contributed by atoms with E-state index in [1.165, 1.54) is 0 Å². The summed E-state index contributed by atoms with van der Waals surface area (Å²) in [6.45, 7) is 1.49. The maximum absolute atomic E-state index is 11.9. The summed E-state index contributed by atoms with van der Waals surface area (Å²) in [6.07, 6.45) is 1.76. The zero-order chi connectivity index (χ0) is 16.2. The molecule has 1 fully saturated rings. The van der Waals surface area contributed by atoms with Gasteiger partial charge in [-0.2, -0.15) is 17.0 Å². The number of nitrogens with zero attached hydrogens (tertiary/aromatic N) is 2. The predicted octanol–water partition coefficient (Wildman–Crippen LogP) is 2.24. The van der Waals surface area contributed by atoms with Crippen molar-refractivity contribution in [3.05, 3.63) is 30.0 Å². The van der Waals surface area contributed by atoms with E-state index >= 15 is 0 Å². The van der Waals surface area contributed by atoms with E-state index < -0.39 is 12.0 Å². The largest absolute Gasteiger partial charge is 0.480 e. The number of aliphatic carboxylic acids is 1. The third kappa shape index (κ3) is 3.28. The third-order valence-electron chi connectivity index (χ3n) is 3.93. The fraction of sp³-hybridized carbons (Fsp3) is 0.375. The number of nitrogens with one attached hydrogen (secondary N) is 1. The van der Waals surface area contributed by atoms with Crippen molar-refractivity contribution in [2.75, 3.05) is 31.2 Å². The summed E-state index contributed by atoms with van der Waals surface area (Å²) < 4.78 is 5.33. The molecule has 1 unspecified atom stereocenters. The number of carbonyl (C=O) groups is 1. The number of aromatic nitrogens is 1. The highest BCUT2D eigenvalue weighted by Crippen LogP contribution is 2.32. The van der Waals surface area contributed by atoms with Gasteiger partial charge in [0.15, 0.2) is 6.61 Å². The molecule has 0 saturated carbocycles. The lowest BCUT2D eigenvalue weighted by Crippen LogP contribution is -2.39. The molecular formula is C16H17N3O3S. The van der Waals surface area contributed by atoms with Gasteiger partial charge in [0, 0.05) is 47.3 Å². The molecule has 1 aliphatic rings. The molecule has 2 N–H and O–H groups in total. The van der Waals surface area contributed by atoms with Gasteiger partial charge < -0.3 is 14.8 Å². The van der Waals surface area contributed by atoms with E-state index in [1.807, 2.05) is 28.8 Å². The number of fused-ring (bicyclic) bond motifs is 1. The highest BCUT2D eigenvalue weighted by Gasteiger charge is 2.30. The molecule has 0 bridgehead atoms. The standard InChI is InChI=1S/C16H17N3O3S/c17-3-6-22-11-1-2-14-12(9-11)13(10-18-14)15(16(20)21)19-4-7-23-8-5-19/h1-2,9-10,15,18H,4-8H2,(H,20,21). The van der Waals surface area contributed by atoms with Gasteiger partial charge in [0.05, 0.1) is 0 Å². The van der Waals surface area contributed by atoms with Crippen LogP contribution in [0.1, 0.15) is 11.6 Å². The topological polar surface area (TPSA) is 89.3 Å². The van der Waals surface area contributed by atoms with E-state index in [1.54, 1.807) is 18.3 Å². The molecular weight excluding hydrogens is 314 g/mol. The monoisotopic (exact) mass is 331 g/mol. The SMILES string of the molecule is N#CCOc1ccc2[nH]cc(C(C(=O)O)N3CCSCC3)c2c1. The Kier molecular flexibility index (Phi) is 4.74. The summed E-state index contributed by atoms with van der Waals surface area (Å²) >= 11 is 1.85. The lowest BCUT2D eigenvalue weighted by atomic mass is 10.0. The summed E-state index contributed by atoms with van der Waals surface area (Å²) in [6, 6.07) is 6.67. The van der Waals surface area contributed by atoms with Gasteiger partial charge in [-0.3, -0.25) is 9.69 Å². The number of ether oxygens (including phenoxy) is 1. The molecule has 0 spiro atoms. The van der Waals surface area contributed by atoms with Crippen molar-refractivity contribution in [3.8, 4) is 11.8 Å². The van der Waals surface area contributed by atoms with Gasteiger partial charge in [-0.1, -0.05) is 0 Å². The maximum Gasteiger partial charge on any atom is 0.325 e. The van der Waals surface area contributed by atoms with Crippen molar-refractivity contribution in [1.82, 2.24) is 9.88 Å². The molecule has 1 atom stereocenters. The lowest BCUT2D eigenvalue weighted by Gasteiger charge is -2.31. The van der Waals surface area contributed by atoms with Gasteiger partial charge in [0.1, 0.15) is 17.9 Å². The minimum atomic E-state index is -0.846. The maximum atomic E-state index is 11.9. The van der Waals surface area contributed by atoms with Crippen LogP contribution >= 0.6 is 11.8 Å². The van der Waals surface area contributed by atoms with E-state index in [9.17, 15) is 9.90 Å². The van der Waals surface area contributed by atoms with Crippen LogP contribution in [-0.2, 0) is 4.79 Å². The second-order valence-corrected chi connectivity index (χ2v) is 6.51. The molecule has 0 aliphatic carbocycles. The average molecular weight is 331 g/mol.